The molecule has 0 aliphatic heterocycles. The molecule has 0 amide bonds. The molecule has 0 fully saturated rings. The zero-order valence-corrected chi connectivity index (χ0v) is 18.9. The molecule has 0 aliphatic rings. The Balaban J connectivity index is 1.95. The highest BCUT2D eigenvalue weighted by Gasteiger charge is 2.18. The molecule has 3 heteroatoms. The molecule has 0 unspecified atom stereocenters. The van der Waals surface area contributed by atoms with E-state index in [1.54, 1.807) is 7.11 Å². The van der Waals surface area contributed by atoms with Crippen molar-refractivity contribution in [3.05, 3.63) is 78.4 Å². The van der Waals surface area contributed by atoms with Crippen molar-refractivity contribution < 1.29 is 14.2 Å². The van der Waals surface area contributed by atoms with Crippen molar-refractivity contribution in [2.75, 3.05) is 7.11 Å². The summed E-state index contributed by atoms with van der Waals surface area (Å²) in [6.45, 7) is 9.61. The first-order valence-corrected chi connectivity index (χ1v) is 11.2. The summed E-state index contributed by atoms with van der Waals surface area (Å²) in [5.74, 6) is 1.36. The molecular weight excluding hydrogens is 372 g/mol. The molecule has 0 saturated heterocycles. The first kappa shape index (κ1) is 24.2. The maximum Gasteiger partial charge on any atom is 0.118 e. The molecule has 30 heavy (non-hydrogen) atoms. The zero-order valence-electron chi connectivity index (χ0n) is 18.9. The first-order valence-electron chi connectivity index (χ1n) is 11.2. The van der Waals surface area contributed by atoms with Gasteiger partial charge in [0.15, 0.2) is 0 Å². The highest BCUT2D eigenvalue weighted by atomic mass is 16.5. The summed E-state index contributed by atoms with van der Waals surface area (Å²) in [6, 6.07) is 18.5. The van der Waals surface area contributed by atoms with E-state index < -0.39 is 0 Å². The van der Waals surface area contributed by atoms with Crippen molar-refractivity contribution in [3.63, 3.8) is 0 Å². The fourth-order valence-electron chi connectivity index (χ4n) is 3.44. The fraction of sp³-hybridized carbons (Fsp3) is 0.481. The van der Waals surface area contributed by atoms with Gasteiger partial charge in [0, 0.05) is 0 Å². The van der Waals surface area contributed by atoms with Crippen molar-refractivity contribution in [3.8, 4) is 5.75 Å². The molecule has 3 nitrogen and oxygen atoms in total. The number of ether oxygens (including phenoxy) is 3. The summed E-state index contributed by atoms with van der Waals surface area (Å²) in [6.07, 6.45) is 7.56. The third-order valence-corrected chi connectivity index (χ3v) is 5.46. The molecule has 0 aliphatic carbocycles. The van der Waals surface area contributed by atoms with E-state index in [-0.39, 0.29) is 12.2 Å². The molecule has 0 heterocycles. The molecule has 3 atom stereocenters. The van der Waals surface area contributed by atoms with Crippen LogP contribution in [0, 0.1) is 5.92 Å². The number of hydrogen-bond acceptors (Lipinski definition) is 3. The average Bonchev–Trinajstić information content (AvgIpc) is 2.80. The van der Waals surface area contributed by atoms with Crippen LogP contribution in [0.25, 0.3) is 0 Å². The van der Waals surface area contributed by atoms with Gasteiger partial charge in [-0.25, -0.2) is 0 Å². The Kier molecular flexibility index (Phi) is 11.3. The van der Waals surface area contributed by atoms with E-state index in [0.717, 1.165) is 43.4 Å². The monoisotopic (exact) mass is 410 g/mol. The Morgan fingerprint density at radius 3 is 2.00 bits per heavy atom. The minimum Gasteiger partial charge on any atom is -0.497 e. The van der Waals surface area contributed by atoms with E-state index in [9.17, 15) is 0 Å². The van der Waals surface area contributed by atoms with Gasteiger partial charge in [-0.15, -0.1) is 6.58 Å². The lowest BCUT2D eigenvalue weighted by Gasteiger charge is -2.25. The van der Waals surface area contributed by atoms with Gasteiger partial charge >= 0.3 is 0 Å². The summed E-state index contributed by atoms with van der Waals surface area (Å²) in [5, 5.41) is 0. The van der Waals surface area contributed by atoms with Crippen LogP contribution in [0.15, 0.2) is 67.3 Å². The molecule has 164 valence electrons. The number of rotatable bonds is 15. The summed E-state index contributed by atoms with van der Waals surface area (Å²) < 4.78 is 17.9. The van der Waals surface area contributed by atoms with Crippen LogP contribution in [-0.2, 0) is 22.7 Å². The van der Waals surface area contributed by atoms with Crippen LogP contribution < -0.4 is 4.74 Å². The third kappa shape index (κ3) is 9.15. The first-order chi connectivity index (χ1) is 14.6. The average molecular weight is 411 g/mol. The van der Waals surface area contributed by atoms with Crippen LogP contribution in [0.2, 0.25) is 0 Å². The smallest absolute Gasteiger partial charge is 0.118 e. The van der Waals surface area contributed by atoms with Crippen LogP contribution in [-0.4, -0.2) is 19.3 Å². The largest absolute Gasteiger partial charge is 0.497 e. The second-order valence-corrected chi connectivity index (χ2v) is 8.01. The number of allylic oxidation sites excluding steroid dienone is 1. The van der Waals surface area contributed by atoms with Crippen molar-refractivity contribution in [2.45, 2.75) is 71.4 Å². The Labute approximate surface area is 183 Å². The van der Waals surface area contributed by atoms with Gasteiger partial charge in [-0.3, -0.25) is 0 Å². The van der Waals surface area contributed by atoms with Crippen LogP contribution in [0.3, 0.4) is 0 Å². The lowest BCUT2D eigenvalue weighted by Crippen LogP contribution is -2.24. The van der Waals surface area contributed by atoms with Crippen molar-refractivity contribution in [1.82, 2.24) is 0 Å². The Bertz CT molecular complexity index is 696. The second kappa shape index (κ2) is 14.0. The maximum atomic E-state index is 6.37. The molecular formula is C27H38O3. The van der Waals surface area contributed by atoms with E-state index in [4.69, 9.17) is 14.2 Å². The quantitative estimate of drug-likeness (QED) is 0.297. The van der Waals surface area contributed by atoms with E-state index in [1.165, 1.54) is 5.56 Å². The van der Waals surface area contributed by atoms with Crippen molar-refractivity contribution in [1.29, 1.82) is 0 Å². The van der Waals surface area contributed by atoms with Gasteiger partial charge in [-0.2, -0.15) is 0 Å². The lowest BCUT2D eigenvalue weighted by molar-refractivity contribution is -0.0364. The molecule has 0 spiro atoms. The normalized spacial score (nSPS) is 14.1. The molecule has 0 radical (unpaired) electrons. The molecule has 0 bridgehead atoms. The van der Waals surface area contributed by atoms with Gasteiger partial charge in [0.2, 0.25) is 0 Å². The molecule has 2 rings (SSSR count). The summed E-state index contributed by atoms with van der Waals surface area (Å²) in [4.78, 5) is 0. The standard InChI is InChI=1S/C27H38O3/c1-5-10-26(29-20-23-11-8-7-9-12-23)19-27(16-13-22(3)6-2)30-21-24-14-17-25(28-4)18-15-24/h6-9,11-12,14-15,17-18,22,26-27H,2,5,10,13,16,19-21H2,1,3-4H3/t22-,26+,27+/m1/s1. The van der Waals surface area contributed by atoms with Gasteiger partial charge in [-0.1, -0.05) is 68.8 Å². The van der Waals surface area contributed by atoms with Gasteiger partial charge in [0.1, 0.15) is 5.75 Å². The fourth-order valence-corrected chi connectivity index (χ4v) is 3.44. The maximum absolute atomic E-state index is 6.37. The zero-order chi connectivity index (χ0) is 21.6. The summed E-state index contributed by atoms with van der Waals surface area (Å²) in [7, 11) is 1.69. The number of benzene rings is 2. The van der Waals surface area contributed by atoms with Crippen molar-refractivity contribution >= 4 is 0 Å². The van der Waals surface area contributed by atoms with E-state index >= 15 is 0 Å². The van der Waals surface area contributed by atoms with Crippen LogP contribution >= 0.6 is 0 Å². The molecule has 2 aromatic carbocycles. The molecule has 0 saturated carbocycles. The highest BCUT2D eigenvalue weighted by molar-refractivity contribution is 5.26. The predicted octanol–water partition coefficient (Wildman–Crippen LogP) is 6.96. The predicted molar refractivity (Wildman–Crippen MR) is 125 cm³/mol. The van der Waals surface area contributed by atoms with Crippen LogP contribution in [0.1, 0.15) is 57.1 Å². The van der Waals surface area contributed by atoms with Crippen LogP contribution in [0.5, 0.6) is 5.75 Å². The van der Waals surface area contributed by atoms with E-state index in [2.05, 4.69) is 56.8 Å². The minimum atomic E-state index is 0.168. The minimum absolute atomic E-state index is 0.168. The van der Waals surface area contributed by atoms with Gasteiger partial charge in [0.05, 0.1) is 32.5 Å². The molecule has 0 aromatic heterocycles. The highest BCUT2D eigenvalue weighted by Crippen LogP contribution is 2.22. The van der Waals surface area contributed by atoms with E-state index in [0.29, 0.717) is 19.1 Å². The van der Waals surface area contributed by atoms with Gasteiger partial charge in [-0.05, 0) is 54.9 Å². The summed E-state index contributed by atoms with van der Waals surface area (Å²) in [5.41, 5.74) is 2.38. The Hall–Kier alpha value is -2.10. The number of methoxy groups -OCH3 is 1. The van der Waals surface area contributed by atoms with Crippen LogP contribution in [0.4, 0.5) is 0 Å². The lowest BCUT2D eigenvalue weighted by atomic mass is 9.98. The summed E-state index contributed by atoms with van der Waals surface area (Å²) >= 11 is 0. The SMILES string of the molecule is C=C[C@@H](C)CC[C@@H](C[C@H](CCC)OCc1ccccc1)OCc1ccc(OC)cc1. The van der Waals surface area contributed by atoms with E-state index in [1.807, 2.05) is 24.3 Å². The second-order valence-electron chi connectivity index (χ2n) is 8.01. The van der Waals surface area contributed by atoms with Gasteiger partial charge in [0.25, 0.3) is 0 Å². The number of hydrogen-bond donors (Lipinski definition) is 0. The van der Waals surface area contributed by atoms with Gasteiger partial charge < -0.3 is 14.2 Å². The Morgan fingerprint density at radius 2 is 1.43 bits per heavy atom. The van der Waals surface area contributed by atoms with Crippen molar-refractivity contribution in [2.24, 2.45) is 5.92 Å². The molecule has 2 aromatic rings. The molecule has 0 N–H and O–H groups in total. The third-order valence-electron chi connectivity index (χ3n) is 5.46. The topological polar surface area (TPSA) is 27.7 Å². The Morgan fingerprint density at radius 1 is 0.833 bits per heavy atom.